The van der Waals surface area contributed by atoms with E-state index in [0.717, 1.165) is 30.2 Å². The molecule has 3 rings (SSSR count). The van der Waals surface area contributed by atoms with Gasteiger partial charge in [-0.25, -0.2) is 9.59 Å². The Morgan fingerprint density at radius 2 is 1.50 bits per heavy atom. The maximum absolute atomic E-state index is 12.3. The summed E-state index contributed by atoms with van der Waals surface area (Å²) >= 11 is 0. The number of carbonyl (C=O) groups excluding carboxylic acids is 2. The molecule has 162 valence electrons. The summed E-state index contributed by atoms with van der Waals surface area (Å²) in [5.74, 6) is -1.22. The second-order valence-corrected chi connectivity index (χ2v) is 10.7. The van der Waals surface area contributed by atoms with Crippen LogP contribution in [0, 0.1) is 0 Å². The van der Waals surface area contributed by atoms with Gasteiger partial charge < -0.3 is 18.0 Å². The first-order chi connectivity index (χ1) is 14.5. The van der Waals surface area contributed by atoms with Crippen LogP contribution >= 0.6 is 0 Å². The van der Waals surface area contributed by atoms with Crippen molar-refractivity contribution < 1.29 is 27.6 Å². The van der Waals surface area contributed by atoms with Crippen LogP contribution in [0.5, 0.6) is 0 Å². The van der Waals surface area contributed by atoms with Crippen molar-refractivity contribution in [2.45, 2.75) is 51.0 Å². The van der Waals surface area contributed by atoms with E-state index in [0.29, 0.717) is 16.5 Å². The molecule has 1 aliphatic heterocycles. The van der Waals surface area contributed by atoms with Gasteiger partial charge in [0.05, 0.1) is 16.7 Å². The molecule has 2 aromatic carbocycles. The average Bonchev–Trinajstić information content (AvgIpc) is 2.77. The number of ether oxygens (including phenoxy) is 1. The maximum atomic E-state index is 12.3. The zero-order valence-electron chi connectivity index (χ0n) is 18.2. The first-order valence-electron chi connectivity index (χ1n) is 10.5. The van der Waals surface area contributed by atoms with Crippen LogP contribution in [-0.4, -0.2) is 42.1 Å². The lowest BCUT2D eigenvalue weighted by Crippen LogP contribution is -2.49. The van der Waals surface area contributed by atoms with Gasteiger partial charge in [-0.3, -0.25) is 0 Å². The van der Waals surface area contributed by atoms with Crippen LogP contribution < -0.4 is 0 Å². The van der Waals surface area contributed by atoms with Gasteiger partial charge in [0, 0.05) is 26.7 Å². The van der Waals surface area contributed by atoms with E-state index in [1.807, 2.05) is 18.2 Å². The molecule has 1 heterocycles. The number of unbranched alkanes of at least 4 members (excludes halogenated alkanes) is 4. The predicted molar refractivity (Wildman–Crippen MR) is 117 cm³/mol. The molecule has 6 nitrogen and oxygen atoms in total. The molecular weight excluding hydrogens is 400 g/mol. The van der Waals surface area contributed by atoms with Crippen molar-refractivity contribution >= 4 is 31.5 Å². The monoisotopic (exact) mass is 430 g/mol. The number of benzene rings is 2. The Hall–Kier alpha value is -2.06. The fourth-order valence-corrected chi connectivity index (χ4v) is 6.96. The first kappa shape index (κ1) is 22.6. The Balaban J connectivity index is 2.11. The SMILES string of the molecule is CCCCCCCC(c1ccc2c3c(cccc13)C(=O)OC2=O)[Si](OC)(OC)OC. The largest absolute Gasteiger partial charge is 0.508 e. The minimum absolute atomic E-state index is 0.114. The van der Waals surface area contributed by atoms with Gasteiger partial charge in [-0.1, -0.05) is 57.2 Å². The Bertz CT molecular complexity index is 893. The summed E-state index contributed by atoms with van der Waals surface area (Å²) in [6.07, 6.45) is 6.57. The quantitative estimate of drug-likeness (QED) is 0.216. The van der Waals surface area contributed by atoms with Crippen molar-refractivity contribution in [2.24, 2.45) is 0 Å². The standard InChI is InChI=1S/C23H30O6Si/c1-5-6-7-8-9-13-20(30(26-2,27-3)28-4)16-14-15-19-21-17(16)11-10-12-18(21)22(24)29-23(19)25/h10-12,14-15,20H,5-9,13H2,1-4H3. The molecule has 0 saturated heterocycles. The smallest absolute Gasteiger partial charge is 0.386 e. The van der Waals surface area contributed by atoms with Crippen molar-refractivity contribution in [1.29, 1.82) is 0 Å². The summed E-state index contributed by atoms with van der Waals surface area (Å²) in [5, 5.41) is 1.48. The van der Waals surface area contributed by atoms with Gasteiger partial charge in [0.15, 0.2) is 0 Å². The summed E-state index contributed by atoms with van der Waals surface area (Å²) in [6, 6.07) is 9.11. The van der Waals surface area contributed by atoms with Gasteiger partial charge in [-0.15, -0.1) is 0 Å². The molecule has 0 aromatic heterocycles. The summed E-state index contributed by atoms with van der Waals surface area (Å²) in [7, 11) is 1.83. The fraction of sp³-hybridized carbons (Fsp3) is 0.478. The van der Waals surface area contributed by atoms with Gasteiger partial charge in [0.2, 0.25) is 0 Å². The van der Waals surface area contributed by atoms with Crippen molar-refractivity contribution in [3.63, 3.8) is 0 Å². The minimum atomic E-state index is -3.04. The number of esters is 2. The molecule has 1 atom stereocenters. The molecule has 0 fully saturated rings. The summed E-state index contributed by atoms with van der Waals surface area (Å²) in [6.45, 7) is 2.20. The fourth-order valence-electron chi connectivity index (χ4n) is 4.42. The van der Waals surface area contributed by atoms with Crippen molar-refractivity contribution in [1.82, 2.24) is 0 Å². The molecule has 0 N–H and O–H groups in total. The van der Waals surface area contributed by atoms with E-state index in [-0.39, 0.29) is 5.54 Å². The number of cyclic esters (lactones) is 2. The lowest BCUT2D eigenvalue weighted by Gasteiger charge is -2.34. The van der Waals surface area contributed by atoms with Crippen LogP contribution in [0.1, 0.15) is 77.3 Å². The zero-order chi connectivity index (χ0) is 21.7. The van der Waals surface area contributed by atoms with Gasteiger partial charge in [-0.05, 0) is 29.5 Å². The Kier molecular flexibility index (Phi) is 7.41. The lowest BCUT2D eigenvalue weighted by molar-refractivity contribution is 0.0391. The third-order valence-electron chi connectivity index (χ3n) is 5.95. The maximum Gasteiger partial charge on any atom is 0.508 e. The molecule has 0 spiro atoms. The Morgan fingerprint density at radius 3 is 2.13 bits per heavy atom. The molecule has 1 unspecified atom stereocenters. The topological polar surface area (TPSA) is 71.1 Å². The highest BCUT2D eigenvalue weighted by Crippen LogP contribution is 2.40. The average molecular weight is 431 g/mol. The van der Waals surface area contributed by atoms with Crippen molar-refractivity contribution in [3.05, 3.63) is 47.0 Å². The first-order valence-corrected chi connectivity index (χ1v) is 12.3. The van der Waals surface area contributed by atoms with Crippen LogP contribution in [0.25, 0.3) is 10.8 Å². The number of rotatable bonds is 11. The summed E-state index contributed by atoms with van der Waals surface area (Å²) in [4.78, 5) is 24.6. The normalized spacial score (nSPS) is 14.8. The van der Waals surface area contributed by atoms with E-state index in [1.165, 1.54) is 19.3 Å². The summed E-state index contributed by atoms with van der Waals surface area (Å²) < 4.78 is 22.5. The molecule has 7 heteroatoms. The highest BCUT2D eigenvalue weighted by Gasteiger charge is 2.48. The Morgan fingerprint density at radius 1 is 0.867 bits per heavy atom. The third kappa shape index (κ3) is 4.07. The molecule has 30 heavy (non-hydrogen) atoms. The van der Waals surface area contributed by atoms with Crippen LogP contribution in [0.2, 0.25) is 0 Å². The molecule has 1 aliphatic rings. The highest BCUT2D eigenvalue weighted by atomic mass is 28.4. The van der Waals surface area contributed by atoms with E-state index in [1.54, 1.807) is 33.5 Å². The Labute approximate surface area is 178 Å². The van der Waals surface area contributed by atoms with E-state index >= 15 is 0 Å². The second-order valence-electron chi connectivity index (χ2n) is 7.58. The molecule has 0 bridgehead atoms. The highest BCUT2D eigenvalue weighted by molar-refractivity contribution is 6.62. The molecule has 0 radical (unpaired) electrons. The van der Waals surface area contributed by atoms with Gasteiger partial charge in [-0.2, -0.15) is 0 Å². The predicted octanol–water partition coefficient (Wildman–Crippen LogP) is 5.01. The molecule has 0 aliphatic carbocycles. The van der Waals surface area contributed by atoms with Crippen molar-refractivity contribution in [2.75, 3.05) is 21.3 Å². The van der Waals surface area contributed by atoms with Crippen LogP contribution in [-0.2, 0) is 18.0 Å². The zero-order valence-corrected chi connectivity index (χ0v) is 19.2. The third-order valence-corrected chi connectivity index (χ3v) is 9.11. The number of carbonyl (C=O) groups is 2. The molecular formula is C23H30O6Si. The molecule has 2 aromatic rings. The summed E-state index contributed by atoms with van der Waals surface area (Å²) in [5.41, 5.74) is 1.68. The van der Waals surface area contributed by atoms with E-state index < -0.39 is 20.7 Å². The van der Waals surface area contributed by atoms with Crippen LogP contribution in [0.4, 0.5) is 0 Å². The van der Waals surface area contributed by atoms with E-state index in [2.05, 4.69) is 6.92 Å². The van der Waals surface area contributed by atoms with Gasteiger partial charge >= 0.3 is 20.7 Å². The van der Waals surface area contributed by atoms with Gasteiger partial charge in [0.1, 0.15) is 0 Å². The van der Waals surface area contributed by atoms with E-state index in [9.17, 15) is 9.59 Å². The van der Waals surface area contributed by atoms with Gasteiger partial charge in [0.25, 0.3) is 0 Å². The second kappa shape index (κ2) is 9.83. The molecule has 0 saturated carbocycles. The van der Waals surface area contributed by atoms with Crippen LogP contribution in [0.3, 0.4) is 0 Å². The number of hydrogen-bond donors (Lipinski definition) is 0. The molecule has 0 amide bonds. The van der Waals surface area contributed by atoms with Crippen molar-refractivity contribution in [3.8, 4) is 0 Å². The van der Waals surface area contributed by atoms with Crippen LogP contribution in [0.15, 0.2) is 30.3 Å². The minimum Gasteiger partial charge on any atom is -0.386 e. The lowest BCUT2D eigenvalue weighted by atomic mass is 9.91. The number of hydrogen-bond acceptors (Lipinski definition) is 6. The van der Waals surface area contributed by atoms with E-state index in [4.69, 9.17) is 18.0 Å².